The Morgan fingerprint density at radius 3 is 2.24 bits per heavy atom. The summed E-state index contributed by atoms with van der Waals surface area (Å²) < 4.78 is 10.3. The maximum Gasteiger partial charge on any atom is 0.220 e. The van der Waals surface area contributed by atoms with Crippen LogP contribution in [-0.4, -0.2) is 39.9 Å². The first-order valence-electron chi connectivity index (χ1n) is 6.57. The largest absolute Gasteiger partial charge is 0.481 e. The Morgan fingerprint density at radius 2 is 1.81 bits per heavy atom. The molecule has 2 rings (SSSR count). The first-order chi connectivity index (χ1) is 10.1. The van der Waals surface area contributed by atoms with Gasteiger partial charge in [0.2, 0.25) is 17.5 Å². The van der Waals surface area contributed by atoms with Crippen LogP contribution >= 0.6 is 0 Å². The zero-order chi connectivity index (χ0) is 15.4. The highest BCUT2D eigenvalue weighted by Gasteiger charge is 2.30. The van der Waals surface area contributed by atoms with Crippen LogP contribution in [0.15, 0.2) is 18.5 Å². The zero-order valence-electron chi connectivity index (χ0n) is 12.5. The summed E-state index contributed by atoms with van der Waals surface area (Å²) in [6, 6.07) is 1.57. The van der Waals surface area contributed by atoms with Crippen molar-refractivity contribution in [2.75, 3.05) is 14.2 Å². The molecule has 7 nitrogen and oxygen atoms in total. The van der Waals surface area contributed by atoms with Gasteiger partial charge in [0, 0.05) is 12.4 Å². The number of H-pyrrole nitrogens is 1. The molecule has 0 radical (unpaired) electrons. The van der Waals surface area contributed by atoms with Gasteiger partial charge in [-0.25, -0.2) is 4.98 Å². The van der Waals surface area contributed by atoms with Gasteiger partial charge in [-0.3, -0.25) is 4.79 Å². The summed E-state index contributed by atoms with van der Waals surface area (Å²) in [5.74, 6) is 0.677. The number of methoxy groups -OCH3 is 2. The minimum Gasteiger partial charge on any atom is -0.481 e. The number of rotatable bonds is 6. The molecule has 0 spiro atoms. The minimum atomic E-state index is -0.528. The number of hydrogen-bond acceptors (Lipinski definition) is 6. The highest BCUT2D eigenvalue weighted by Crippen LogP contribution is 2.28. The van der Waals surface area contributed by atoms with Gasteiger partial charge in [-0.2, -0.15) is 9.97 Å². The van der Waals surface area contributed by atoms with E-state index in [1.54, 1.807) is 12.3 Å². The van der Waals surface area contributed by atoms with E-state index in [4.69, 9.17) is 9.47 Å². The van der Waals surface area contributed by atoms with Gasteiger partial charge in [-0.15, -0.1) is 0 Å². The molecule has 2 aromatic rings. The number of Topliss-reactive ketones (excluding diaryl/α,β-unsaturated/α-hetero) is 1. The Balaban J connectivity index is 2.45. The van der Waals surface area contributed by atoms with Gasteiger partial charge in [0.05, 0.1) is 26.2 Å². The number of hydrogen-bond donors (Lipinski definition) is 1. The van der Waals surface area contributed by atoms with E-state index in [9.17, 15) is 4.79 Å². The van der Waals surface area contributed by atoms with Crippen molar-refractivity contribution in [2.24, 2.45) is 5.92 Å². The molecule has 0 aromatic carbocycles. The van der Waals surface area contributed by atoms with Crippen molar-refractivity contribution in [3.63, 3.8) is 0 Å². The molecular weight excluding hydrogens is 272 g/mol. The highest BCUT2D eigenvalue weighted by molar-refractivity contribution is 5.97. The third-order valence-corrected chi connectivity index (χ3v) is 3.07. The van der Waals surface area contributed by atoms with Crippen molar-refractivity contribution in [3.8, 4) is 11.8 Å². The second-order valence-corrected chi connectivity index (χ2v) is 4.83. The van der Waals surface area contributed by atoms with E-state index in [1.807, 2.05) is 13.8 Å². The second kappa shape index (κ2) is 6.34. The lowest BCUT2D eigenvalue weighted by Gasteiger charge is -2.18. The summed E-state index contributed by atoms with van der Waals surface area (Å²) in [4.78, 5) is 28.0. The molecule has 2 heterocycles. The molecule has 2 aromatic heterocycles. The van der Waals surface area contributed by atoms with E-state index >= 15 is 0 Å². The summed E-state index contributed by atoms with van der Waals surface area (Å²) in [5.41, 5.74) is 0. The summed E-state index contributed by atoms with van der Waals surface area (Å²) in [6.07, 6.45) is 3.15. The molecule has 0 aliphatic heterocycles. The topological polar surface area (TPSA) is 90.0 Å². The van der Waals surface area contributed by atoms with Crippen LogP contribution in [-0.2, 0) is 0 Å². The highest BCUT2D eigenvalue weighted by atomic mass is 16.5. The van der Waals surface area contributed by atoms with Gasteiger partial charge in [-0.1, -0.05) is 13.8 Å². The molecule has 0 bridgehead atoms. The quantitative estimate of drug-likeness (QED) is 0.816. The van der Waals surface area contributed by atoms with Crippen LogP contribution in [0.1, 0.15) is 36.2 Å². The number of ether oxygens (including phenoxy) is 2. The molecule has 0 aliphatic rings. The van der Waals surface area contributed by atoms with E-state index in [-0.39, 0.29) is 11.7 Å². The van der Waals surface area contributed by atoms with Gasteiger partial charge in [-0.05, 0) is 5.92 Å². The van der Waals surface area contributed by atoms with E-state index in [0.29, 0.717) is 23.4 Å². The molecule has 1 atom stereocenters. The fourth-order valence-electron chi connectivity index (χ4n) is 2.03. The van der Waals surface area contributed by atoms with E-state index in [0.717, 1.165) is 0 Å². The summed E-state index contributed by atoms with van der Waals surface area (Å²) in [6.45, 7) is 3.86. The predicted octanol–water partition coefficient (Wildman–Crippen LogP) is 1.84. The van der Waals surface area contributed by atoms with Crippen molar-refractivity contribution < 1.29 is 14.3 Å². The molecule has 0 saturated heterocycles. The third-order valence-electron chi connectivity index (χ3n) is 3.07. The predicted molar refractivity (Wildman–Crippen MR) is 75.6 cm³/mol. The number of carbonyl (C=O) groups is 1. The molecule has 0 saturated carbocycles. The third kappa shape index (κ3) is 3.18. The van der Waals surface area contributed by atoms with Crippen molar-refractivity contribution >= 4 is 5.78 Å². The number of ketones is 1. The van der Waals surface area contributed by atoms with E-state index in [1.165, 1.54) is 20.4 Å². The van der Waals surface area contributed by atoms with Crippen LogP contribution in [0.5, 0.6) is 11.8 Å². The van der Waals surface area contributed by atoms with Gasteiger partial charge in [0.25, 0.3) is 0 Å². The van der Waals surface area contributed by atoms with Crippen LogP contribution < -0.4 is 9.47 Å². The van der Waals surface area contributed by atoms with Crippen molar-refractivity contribution in [3.05, 3.63) is 30.1 Å². The molecule has 21 heavy (non-hydrogen) atoms. The first-order valence-corrected chi connectivity index (χ1v) is 6.57. The summed E-state index contributed by atoms with van der Waals surface area (Å²) in [5, 5.41) is 0. The lowest BCUT2D eigenvalue weighted by Crippen LogP contribution is -2.22. The van der Waals surface area contributed by atoms with Gasteiger partial charge >= 0.3 is 0 Å². The smallest absolute Gasteiger partial charge is 0.220 e. The molecule has 1 unspecified atom stereocenters. The van der Waals surface area contributed by atoms with Crippen LogP contribution in [0.2, 0.25) is 0 Å². The zero-order valence-corrected chi connectivity index (χ0v) is 12.5. The molecule has 112 valence electrons. The van der Waals surface area contributed by atoms with Gasteiger partial charge < -0.3 is 14.5 Å². The SMILES string of the molecule is COc1cc(OC)nc(C(C(=O)c2ncc[nH]2)C(C)C)n1. The van der Waals surface area contributed by atoms with Crippen LogP contribution in [0.25, 0.3) is 0 Å². The van der Waals surface area contributed by atoms with E-state index < -0.39 is 5.92 Å². The number of aromatic amines is 1. The molecule has 0 aliphatic carbocycles. The standard InChI is InChI=1S/C14H18N4O3/c1-8(2)11(12(19)14-15-5-6-16-14)13-17-9(20-3)7-10(18-13)21-4/h5-8,11H,1-4H3,(H,15,16). The fraction of sp³-hybridized carbons (Fsp3) is 0.429. The number of imidazole rings is 1. The maximum absolute atomic E-state index is 12.6. The van der Waals surface area contributed by atoms with Crippen LogP contribution in [0.3, 0.4) is 0 Å². The van der Waals surface area contributed by atoms with Gasteiger partial charge in [0.1, 0.15) is 5.82 Å². The Hall–Kier alpha value is -2.44. The van der Waals surface area contributed by atoms with Crippen LogP contribution in [0.4, 0.5) is 0 Å². The lowest BCUT2D eigenvalue weighted by molar-refractivity contribution is 0.0923. The lowest BCUT2D eigenvalue weighted by atomic mass is 9.90. The minimum absolute atomic E-state index is 0.000544. The Kier molecular flexibility index (Phi) is 4.52. The number of carbonyl (C=O) groups excluding carboxylic acids is 1. The maximum atomic E-state index is 12.6. The first kappa shape index (κ1) is 15.0. The van der Waals surface area contributed by atoms with Crippen molar-refractivity contribution in [1.29, 1.82) is 0 Å². The van der Waals surface area contributed by atoms with E-state index in [2.05, 4.69) is 19.9 Å². The van der Waals surface area contributed by atoms with Crippen molar-refractivity contribution in [2.45, 2.75) is 19.8 Å². The van der Waals surface area contributed by atoms with Crippen molar-refractivity contribution in [1.82, 2.24) is 19.9 Å². The molecule has 0 fully saturated rings. The number of aromatic nitrogens is 4. The monoisotopic (exact) mass is 290 g/mol. The van der Waals surface area contributed by atoms with Crippen LogP contribution in [0, 0.1) is 5.92 Å². The molecule has 0 amide bonds. The Labute approximate surface area is 122 Å². The summed E-state index contributed by atoms with van der Waals surface area (Å²) in [7, 11) is 3.01. The fourth-order valence-corrected chi connectivity index (χ4v) is 2.03. The molecular formula is C14H18N4O3. The Bertz CT molecular complexity index is 588. The number of nitrogens with zero attached hydrogens (tertiary/aromatic N) is 3. The molecule has 7 heteroatoms. The summed E-state index contributed by atoms with van der Waals surface area (Å²) >= 11 is 0. The number of nitrogens with one attached hydrogen (secondary N) is 1. The average molecular weight is 290 g/mol. The van der Waals surface area contributed by atoms with Gasteiger partial charge in [0.15, 0.2) is 5.82 Å². The molecule has 1 N–H and O–H groups in total. The Morgan fingerprint density at radius 1 is 1.19 bits per heavy atom. The average Bonchev–Trinajstić information content (AvgIpc) is 3.00. The second-order valence-electron chi connectivity index (χ2n) is 4.83. The normalized spacial score (nSPS) is 12.2.